The second kappa shape index (κ2) is 5.76. The van der Waals surface area contributed by atoms with Crippen LogP contribution in [-0.4, -0.2) is 38.8 Å². The second-order valence-electron chi connectivity index (χ2n) is 4.75. The standard InChI is InChI=1S/C12H18BrN3O2S/c1-9-6-10(13)7-15-12(9)16-5-3-4-11(8-16)19(17,18)14-2/h6-7,11,14H,3-5,8H2,1-2H3/t11-/m0/s1. The number of hydrogen-bond donors (Lipinski definition) is 1. The molecule has 1 atom stereocenters. The van der Waals surface area contributed by atoms with E-state index in [1.165, 1.54) is 7.05 Å². The topological polar surface area (TPSA) is 62.3 Å². The number of aryl methyl sites for hydroxylation is 1. The molecule has 2 rings (SSSR count). The number of pyridine rings is 1. The van der Waals surface area contributed by atoms with E-state index in [4.69, 9.17) is 0 Å². The van der Waals surface area contributed by atoms with Crippen molar-refractivity contribution in [3.8, 4) is 0 Å². The van der Waals surface area contributed by atoms with Gasteiger partial charge in [-0.2, -0.15) is 0 Å². The van der Waals surface area contributed by atoms with Crippen LogP contribution in [0.2, 0.25) is 0 Å². The number of nitrogens with one attached hydrogen (secondary N) is 1. The Morgan fingerprint density at radius 1 is 1.53 bits per heavy atom. The lowest BCUT2D eigenvalue weighted by Crippen LogP contribution is -2.46. The molecule has 106 valence electrons. The molecule has 1 aromatic rings. The van der Waals surface area contributed by atoms with Crippen molar-refractivity contribution in [2.45, 2.75) is 25.0 Å². The highest BCUT2D eigenvalue weighted by Crippen LogP contribution is 2.25. The normalized spacial score (nSPS) is 20.6. The predicted octanol–water partition coefficient (Wildman–Crippen LogP) is 1.67. The van der Waals surface area contributed by atoms with Gasteiger partial charge in [0, 0.05) is 23.8 Å². The molecule has 0 bridgehead atoms. The van der Waals surface area contributed by atoms with Gasteiger partial charge in [-0.1, -0.05) is 0 Å². The first-order chi connectivity index (χ1) is 8.94. The fraction of sp³-hybridized carbons (Fsp3) is 0.583. The molecule has 0 spiro atoms. The van der Waals surface area contributed by atoms with Crippen LogP contribution in [0.5, 0.6) is 0 Å². The van der Waals surface area contributed by atoms with E-state index in [0.717, 1.165) is 28.8 Å². The largest absolute Gasteiger partial charge is 0.355 e. The summed E-state index contributed by atoms with van der Waals surface area (Å²) < 4.78 is 27.2. The van der Waals surface area contributed by atoms with Crippen LogP contribution in [0, 0.1) is 6.92 Å². The summed E-state index contributed by atoms with van der Waals surface area (Å²) in [6.07, 6.45) is 3.32. The SMILES string of the molecule is CNS(=O)(=O)[C@H]1CCCN(c2ncc(Br)cc2C)C1. The number of piperidine rings is 1. The van der Waals surface area contributed by atoms with E-state index < -0.39 is 10.0 Å². The number of sulfonamides is 1. The van der Waals surface area contributed by atoms with Gasteiger partial charge in [0.15, 0.2) is 0 Å². The predicted molar refractivity (Wildman–Crippen MR) is 79.9 cm³/mol. The Balaban J connectivity index is 2.22. The molecule has 1 fully saturated rings. The van der Waals surface area contributed by atoms with Gasteiger partial charge in [0.1, 0.15) is 5.82 Å². The van der Waals surface area contributed by atoms with Gasteiger partial charge in [0.25, 0.3) is 0 Å². The highest BCUT2D eigenvalue weighted by Gasteiger charge is 2.30. The molecule has 1 aliphatic rings. The van der Waals surface area contributed by atoms with Gasteiger partial charge in [-0.25, -0.2) is 18.1 Å². The zero-order valence-electron chi connectivity index (χ0n) is 11.1. The number of nitrogens with zero attached hydrogens (tertiary/aromatic N) is 2. The van der Waals surface area contributed by atoms with Crippen molar-refractivity contribution in [2.24, 2.45) is 0 Å². The van der Waals surface area contributed by atoms with Crippen LogP contribution in [-0.2, 0) is 10.0 Å². The van der Waals surface area contributed by atoms with Crippen molar-refractivity contribution in [1.82, 2.24) is 9.71 Å². The molecule has 1 aromatic heterocycles. The van der Waals surface area contributed by atoms with E-state index in [1.54, 1.807) is 6.20 Å². The summed E-state index contributed by atoms with van der Waals surface area (Å²) in [4.78, 5) is 6.47. The molecular formula is C12H18BrN3O2S. The fourth-order valence-electron chi connectivity index (χ4n) is 2.41. The molecule has 0 aromatic carbocycles. The first kappa shape index (κ1) is 14.7. The Morgan fingerprint density at radius 2 is 2.26 bits per heavy atom. The summed E-state index contributed by atoms with van der Waals surface area (Å²) in [6, 6.07) is 2.00. The van der Waals surface area contributed by atoms with E-state index in [9.17, 15) is 8.42 Å². The van der Waals surface area contributed by atoms with Crippen molar-refractivity contribution >= 4 is 31.8 Å². The van der Waals surface area contributed by atoms with Gasteiger partial charge in [-0.3, -0.25) is 0 Å². The van der Waals surface area contributed by atoms with E-state index >= 15 is 0 Å². The minimum atomic E-state index is -3.21. The van der Waals surface area contributed by atoms with E-state index in [1.807, 2.05) is 13.0 Å². The van der Waals surface area contributed by atoms with Crippen LogP contribution in [0.4, 0.5) is 5.82 Å². The third-order valence-electron chi connectivity index (χ3n) is 3.42. The zero-order chi connectivity index (χ0) is 14.0. The molecule has 2 heterocycles. The van der Waals surface area contributed by atoms with Crippen LogP contribution in [0.15, 0.2) is 16.7 Å². The molecule has 19 heavy (non-hydrogen) atoms. The molecule has 1 aliphatic heterocycles. The summed E-state index contributed by atoms with van der Waals surface area (Å²) in [7, 11) is -1.74. The molecule has 0 saturated carbocycles. The monoisotopic (exact) mass is 347 g/mol. The molecule has 1 saturated heterocycles. The number of rotatable bonds is 3. The van der Waals surface area contributed by atoms with Gasteiger partial charge in [-0.05, 0) is 54.4 Å². The lowest BCUT2D eigenvalue weighted by atomic mass is 10.1. The van der Waals surface area contributed by atoms with Gasteiger partial charge in [0.2, 0.25) is 10.0 Å². The van der Waals surface area contributed by atoms with Crippen molar-refractivity contribution in [2.75, 3.05) is 25.0 Å². The van der Waals surface area contributed by atoms with E-state index in [0.29, 0.717) is 13.0 Å². The van der Waals surface area contributed by atoms with E-state index in [2.05, 4.69) is 30.5 Å². The maximum absolute atomic E-state index is 11.9. The molecule has 0 aliphatic carbocycles. The Bertz CT molecular complexity index is 562. The second-order valence-corrected chi connectivity index (χ2v) is 7.83. The highest BCUT2D eigenvalue weighted by atomic mass is 79.9. The third-order valence-corrected chi connectivity index (χ3v) is 5.68. The highest BCUT2D eigenvalue weighted by molar-refractivity contribution is 9.10. The number of hydrogen-bond acceptors (Lipinski definition) is 4. The van der Waals surface area contributed by atoms with Gasteiger partial charge in [0.05, 0.1) is 5.25 Å². The number of anilines is 1. The molecule has 0 unspecified atom stereocenters. The zero-order valence-corrected chi connectivity index (χ0v) is 13.5. The van der Waals surface area contributed by atoms with Crippen LogP contribution in [0.25, 0.3) is 0 Å². The van der Waals surface area contributed by atoms with Crippen molar-refractivity contribution < 1.29 is 8.42 Å². The molecule has 7 heteroatoms. The minimum absolute atomic E-state index is 0.365. The summed E-state index contributed by atoms with van der Waals surface area (Å²) in [5.41, 5.74) is 1.05. The quantitative estimate of drug-likeness (QED) is 0.903. The maximum atomic E-state index is 11.9. The van der Waals surface area contributed by atoms with Crippen molar-refractivity contribution in [3.63, 3.8) is 0 Å². The summed E-state index contributed by atoms with van der Waals surface area (Å²) >= 11 is 3.39. The number of aromatic nitrogens is 1. The summed E-state index contributed by atoms with van der Waals surface area (Å²) in [5.74, 6) is 0.874. The lowest BCUT2D eigenvalue weighted by Gasteiger charge is -2.33. The molecule has 0 radical (unpaired) electrons. The van der Waals surface area contributed by atoms with Crippen LogP contribution in [0.1, 0.15) is 18.4 Å². The average Bonchev–Trinajstić information content (AvgIpc) is 2.39. The first-order valence-corrected chi connectivity index (χ1v) is 8.57. The van der Waals surface area contributed by atoms with Gasteiger partial charge in [-0.15, -0.1) is 0 Å². The molecule has 5 nitrogen and oxygen atoms in total. The summed E-state index contributed by atoms with van der Waals surface area (Å²) in [5, 5.41) is -0.365. The van der Waals surface area contributed by atoms with Crippen LogP contribution in [0.3, 0.4) is 0 Å². The van der Waals surface area contributed by atoms with Gasteiger partial charge >= 0.3 is 0 Å². The molecule has 0 amide bonds. The van der Waals surface area contributed by atoms with E-state index in [-0.39, 0.29) is 5.25 Å². The van der Waals surface area contributed by atoms with Crippen molar-refractivity contribution in [3.05, 3.63) is 22.3 Å². The molecule has 1 N–H and O–H groups in total. The number of halogens is 1. The Morgan fingerprint density at radius 3 is 2.89 bits per heavy atom. The Hall–Kier alpha value is -0.660. The van der Waals surface area contributed by atoms with Crippen LogP contribution >= 0.6 is 15.9 Å². The lowest BCUT2D eigenvalue weighted by molar-refractivity contribution is 0.523. The Kier molecular flexibility index (Phi) is 4.47. The average molecular weight is 348 g/mol. The van der Waals surface area contributed by atoms with Crippen LogP contribution < -0.4 is 9.62 Å². The molecular weight excluding hydrogens is 330 g/mol. The maximum Gasteiger partial charge on any atom is 0.215 e. The smallest absolute Gasteiger partial charge is 0.215 e. The fourth-order valence-corrected chi connectivity index (χ4v) is 4.05. The third kappa shape index (κ3) is 3.27. The summed E-state index contributed by atoms with van der Waals surface area (Å²) in [6.45, 7) is 3.34. The Labute approximate surface area is 122 Å². The first-order valence-electron chi connectivity index (χ1n) is 6.23. The van der Waals surface area contributed by atoms with Gasteiger partial charge < -0.3 is 4.90 Å². The minimum Gasteiger partial charge on any atom is -0.355 e. The van der Waals surface area contributed by atoms with Crippen molar-refractivity contribution in [1.29, 1.82) is 0 Å².